The van der Waals surface area contributed by atoms with Crippen molar-refractivity contribution in [1.82, 2.24) is 4.90 Å². The van der Waals surface area contributed by atoms with Gasteiger partial charge in [0.15, 0.2) is 0 Å². The average molecular weight is 360 g/mol. The Labute approximate surface area is 147 Å². The van der Waals surface area contributed by atoms with Crippen LogP contribution >= 0.6 is 0 Å². The molecule has 0 unspecified atom stereocenters. The molecule has 0 rings (SSSR count). The van der Waals surface area contributed by atoms with Gasteiger partial charge in [0.2, 0.25) is 0 Å². The SMILES string of the molecule is C[CH-]CC[CH-]CCN(CC(=O)OCC)C(=O)OCC.[Y]. The van der Waals surface area contributed by atoms with E-state index < -0.39 is 12.1 Å². The molecule has 0 aromatic carbocycles. The molecule has 0 aliphatic heterocycles. The number of hydrogen-bond donors (Lipinski definition) is 0. The second-order valence-corrected chi connectivity index (χ2v) is 3.99. The van der Waals surface area contributed by atoms with Crippen LogP contribution in [0.3, 0.4) is 0 Å². The minimum absolute atomic E-state index is 0. The van der Waals surface area contributed by atoms with Gasteiger partial charge in [-0.1, -0.05) is 0 Å². The standard InChI is InChI=1S/C14H25NO4.Y/c1-4-7-8-9-10-11-15(14(17)19-6-3)12-13(16)18-5-2;/h4,9H,5-8,10-12H2,1-3H3;/q-2;. The molecule has 0 saturated heterocycles. The first kappa shape index (κ1) is 22.1. The molecular weight excluding hydrogens is 335 g/mol. The minimum atomic E-state index is -0.467. The summed E-state index contributed by atoms with van der Waals surface area (Å²) in [5.74, 6) is -0.405. The third-order valence-corrected chi connectivity index (χ3v) is 2.41. The van der Waals surface area contributed by atoms with E-state index in [1.54, 1.807) is 13.8 Å². The van der Waals surface area contributed by atoms with Crippen molar-refractivity contribution in [3.63, 3.8) is 0 Å². The normalized spacial score (nSPS) is 9.55. The van der Waals surface area contributed by atoms with Crippen LogP contribution in [0.1, 0.15) is 40.0 Å². The van der Waals surface area contributed by atoms with Crippen LogP contribution in [0.5, 0.6) is 0 Å². The Morgan fingerprint density at radius 3 is 2.25 bits per heavy atom. The van der Waals surface area contributed by atoms with Gasteiger partial charge in [-0.15, -0.1) is 0 Å². The number of nitrogens with zero attached hydrogens (tertiary/aromatic N) is 1. The number of carbonyl (C=O) groups excluding carboxylic acids is 2. The fourth-order valence-corrected chi connectivity index (χ4v) is 1.49. The Hall–Kier alpha value is -0.156. The summed E-state index contributed by atoms with van der Waals surface area (Å²) in [4.78, 5) is 24.5. The number of hydrogen-bond acceptors (Lipinski definition) is 4. The van der Waals surface area contributed by atoms with E-state index in [4.69, 9.17) is 9.47 Å². The minimum Gasteiger partial charge on any atom is -0.465 e. The molecule has 0 aliphatic carbocycles. The summed E-state index contributed by atoms with van der Waals surface area (Å²) >= 11 is 0. The maximum Gasteiger partial charge on any atom is 0.410 e. The second-order valence-electron chi connectivity index (χ2n) is 3.99. The summed E-state index contributed by atoms with van der Waals surface area (Å²) in [7, 11) is 0. The maximum atomic E-state index is 11.7. The molecule has 0 aromatic rings. The van der Waals surface area contributed by atoms with Crippen LogP contribution in [0.25, 0.3) is 0 Å². The van der Waals surface area contributed by atoms with Crippen LogP contribution < -0.4 is 0 Å². The van der Waals surface area contributed by atoms with E-state index in [2.05, 4.69) is 12.8 Å². The van der Waals surface area contributed by atoms with E-state index in [0.29, 0.717) is 19.8 Å². The Morgan fingerprint density at radius 1 is 1.05 bits per heavy atom. The van der Waals surface area contributed by atoms with E-state index in [0.717, 1.165) is 19.3 Å². The number of amides is 1. The number of unbranched alkanes of at least 4 members (excludes halogenated alkanes) is 4. The molecule has 0 heterocycles. The monoisotopic (exact) mass is 360 g/mol. The first-order chi connectivity index (χ1) is 9.15. The Balaban J connectivity index is 0. The third-order valence-electron chi connectivity index (χ3n) is 2.41. The van der Waals surface area contributed by atoms with Gasteiger partial charge in [-0.25, -0.2) is 17.6 Å². The van der Waals surface area contributed by atoms with Crippen molar-refractivity contribution < 1.29 is 51.8 Å². The van der Waals surface area contributed by atoms with Gasteiger partial charge >= 0.3 is 12.1 Å². The van der Waals surface area contributed by atoms with Crippen molar-refractivity contribution in [3.05, 3.63) is 12.8 Å². The number of carbonyl (C=O) groups is 2. The van der Waals surface area contributed by atoms with Gasteiger partial charge in [0.1, 0.15) is 6.54 Å². The second kappa shape index (κ2) is 15.2. The Bertz CT molecular complexity index is 262. The summed E-state index contributed by atoms with van der Waals surface area (Å²) in [6.45, 7) is 6.52. The molecule has 5 nitrogen and oxygen atoms in total. The third kappa shape index (κ3) is 11.7. The zero-order chi connectivity index (χ0) is 14.5. The molecule has 1 amide bonds. The average Bonchev–Trinajstić information content (AvgIpc) is 2.37. The fraction of sp³-hybridized carbons (Fsp3) is 0.714. The molecule has 0 aromatic heterocycles. The van der Waals surface area contributed by atoms with Crippen LogP contribution in [0.15, 0.2) is 0 Å². The zero-order valence-electron chi connectivity index (χ0n) is 12.8. The zero-order valence-corrected chi connectivity index (χ0v) is 15.6. The predicted octanol–water partition coefficient (Wildman–Crippen LogP) is 2.60. The molecule has 0 aliphatic rings. The van der Waals surface area contributed by atoms with Crippen molar-refractivity contribution >= 4 is 12.1 Å². The van der Waals surface area contributed by atoms with Gasteiger partial charge in [-0.05, 0) is 20.4 Å². The molecule has 20 heavy (non-hydrogen) atoms. The van der Waals surface area contributed by atoms with E-state index in [1.807, 2.05) is 6.92 Å². The first-order valence-corrected chi connectivity index (χ1v) is 6.82. The van der Waals surface area contributed by atoms with E-state index in [1.165, 1.54) is 4.90 Å². The van der Waals surface area contributed by atoms with Gasteiger partial charge in [0.05, 0.1) is 13.2 Å². The van der Waals surface area contributed by atoms with Crippen LogP contribution in [0, 0.1) is 12.8 Å². The summed E-state index contributed by atoms with van der Waals surface area (Å²) < 4.78 is 9.76. The van der Waals surface area contributed by atoms with Crippen LogP contribution in [0.4, 0.5) is 4.79 Å². The van der Waals surface area contributed by atoms with Gasteiger partial charge in [0, 0.05) is 32.7 Å². The molecule has 0 N–H and O–H groups in total. The van der Waals surface area contributed by atoms with Crippen molar-refractivity contribution in [2.75, 3.05) is 26.3 Å². The smallest absolute Gasteiger partial charge is 0.410 e. The summed E-state index contributed by atoms with van der Waals surface area (Å²) in [6, 6.07) is 0. The van der Waals surface area contributed by atoms with E-state index >= 15 is 0 Å². The summed E-state index contributed by atoms with van der Waals surface area (Å²) in [5, 5.41) is 0. The summed E-state index contributed by atoms with van der Waals surface area (Å²) in [6.07, 6.45) is 6.48. The van der Waals surface area contributed by atoms with Crippen molar-refractivity contribution in [1.29, 1.82) is 0 Å². The molecule has 115 valence electrons. The van der Waals surface area contributed by atoms with Crippen LogP contribution in [-0.4, -0.2) is 43.3 Å². The van der Waals surface area contributed by atoms with E-state index in [9.17, 15) is 9.59 Å². The van der Waals surface area contributed by atoms with Gasteiger partial charge in [-0.2, -0.15) is 13.3 Å². The Morgan fingerprint density at radius 2 is 1.70 bits per heavy atom. The predicted molar refractivity (Wildman–Crippen MR) is 73.4 cm³/mol. The largest absolute Gasteiger partial charge is 0.465 e. The Kier molecular flexibility index (Phi) is 16.9. The van der Waals surface area contributed by atoms with Crippen molar-refractivity contribution in [2.45, 2.75) is 40.0 Å². The van der Waals surface area contributed by atoms with Crippen molar-refractivity contribution in [2.24, 2.45) is 0 Å². The molecule has 0 bridgehead atoms. The molecule has 0 saturated carbocycles. The molecule has 1 radical (unpaired) electrons. The van der Waals surface area contributed by atoms with Gasteiger partial charge < -0.3 is 22.3 Å². The number of esters is 1. The number of ether oxygens (including phenoxy) is 2. The van der Waals surface area contributed by atoms with Crippen LogP contribution in [-0.2, 0) is 47.0 Å². The van der Waals surface area contributed by atoms with Crippen LogP contribution in [0.2, 0.25) is 0 Å². The van der Waals surface area contributed by atoms with Gasteiger partial charge in [-0.3, -0.25) is 9.69 Å². The van der Waals surface area contributed by atoms with E-state index in [-0.39, 0.29) is 39.3 Å². The fourth-order valence-electron chi connectivity index (χ4n) is 1.49. The molecule has 0 spiro atoms. The maximum absolute atomic E-state index is 11.7. The molecule has 6 heteroatoms. The topological polar surface area (TPSA) is 55.8 Å². The quantitative estimate of drug-likeness (QED) is 0.341. The molecule has 0 atom stereocenters. The first-order valence-electron chi connectivity index (χ1n) is 6.82. The number of rotatable bonds is 10. The summed E-state index contributed by atoms with van der Waals surface area (Å²) in [5.41, 5.74) is 0. The molecule has 0 fully saturated rings. The van der Waals surface area contributed by atoms with Crippen molar-refractivity contribution in [3.8, 4) is 0 Å². The van der Waals surface area contributed by atoms with Gasteiger partial charge in [0.25, 0.3) is 0 Å². The molecular formula is C14H25NO4Y-2.